The van der Waals surface area contributed by atoms with Crippen LogP contribution in [0.15, 0.2) is 0 Å². The Hall–Kier alpha value is 0.274. The quantitative estimate of drug-likeness (QED) is 0.113. The number of hydrogen-bond acceptors (Lipinski definition) is 4. The number of ether oxygens (including phenoxy) is 2. The lowest BCUT2D eigenvalue weighted by Gasteiger charge is -2.51. The minimum Gasteiger partial charge on any atom is -0.381 e. The highest BCUT2D eigenvalue weighted by molar-refractivity contribution is 6.76. The van der Waals surface area contributed by atoms with E-state index in [0.717, 1.165) is 107 Å². The maximum Gasteiger partial charge on any atom is 0.0574 e. The summed E-state index contributed by atoms with van der Waals surface area (Å²) in [6.45, 7) is 20.7. The van der Waals surface area contributed by atoms with Gasteiger partial charge in [0.25, 0.3) is 0 Å². The molecule has 9 saturated carbocycles. The third-order valence-corrected chi connectivity index (χ3v) is 29.3. The Labute approximate surface area is 475 Å². The molecular weight excluding hydrogens is 957 g/mol. The Morgan fingerprint density at radius 2 is 0.566 bits per heavy atom. The first kappa shape index (κ1) is 60.9. The van der Waals surface area contributed by atoms with Gasteiger partial charge in [0.15, 0.2) is 0 Å². The van der Waals surface area contributed by atoms with E-state index in [-0.39, 0.29) is 0 Å². The van der Waals surface area contributed by atoms with Crippen LogP contribution in [0.2, 0.25) is 51.4 Å². The highest BCUT2D eigenvalue weighted by atomic mass is 28.3. The molecule has 9 rings (SSSR count). The summed E-state index contributed by atoms with van der Waals surface area (Å²) in [5, 5.41) is 0. The lowest BCUT2D eigenvalue weighted by atomic mass is 9.65. The van der Waals surface area contributed by atoms with Gasteiger partial charge in [-0.1, -0.05) is 90.9 Å². The van der Waals surface area contributed by atoms with Gasteiger partial charge in [-0.15, -0.1) is 0 Å². The molecule has 9 fully saturated rings. The Morgan fingerprint density at radius 1 is 0.316 bits per heavy atom. The molecule has 0 aromatic rings. The number of hydrogen-bond donors (Lipinski definition) is 0. The molecule has 0 aromatic carbocycles. The van der Waals surface area contributed by atoms with Crippen LogP contribution in [0.25, 0.3) is 0 Å². The first-order valence-corrected chi connectivity index (χ1v) is 42.6. The maximum absolute atomic E-state index is 5.87. The van der Waals surface area contributed by atoms with Gasteiger partial charge < -0.3 is 9.47 Å². The molecule has 6 heteroatoms. The predicted molar refractivity (Wildman–Crippen MR) is 333 cm³/mol. The third-order valence-electron chi connectivity index (χ3n) is 25.6. The molecule has 0 aliphatic heterocycles. The lowest BCUT2D eigenvalue weighted by Crippen LogP contribution is -2.53. The molecule has 0 saturated heterocycles. The van der Waals surface area contributed by atoms with Crippen LogP contribution in [0.4, 0.5) is 0 Å². The van der Waals surface area contributed by atoms with Crippen molar-refractivity contribution in [2.45, 2.75) is 358 Å². The molecule has 0 heterocycles. The molecule has 6 unspecified atom stereocenters. The van der Waals surface area contributed by atoms with Gasteiger partial charge in [-0.25, -0.2) is 0 Å². The van der Waals surface area contributed by atoms with Crippen molar-refractivity contribution < 1.29 is 9.47 Å². The van der Waals surface area contributed by atoms with Crippen molar-refractivity contribution in [2.75, 3.05) is 14.2 Å². The fourth-order valence-electron chi connectivity index (χ4n) is 21.1. The molecule has 76 heavy (non-hydrogen) atoms. The zero-order valence-electron chi connectivity index (χ0n) is 52.5. The van der Waals surface area contributed by atoms with E-state index in [2.05, 4.69) is 62.9 Å². The second-order valence-electron chi connectivity index (χ2n) is 32.7. The fraction of sp³-hybridized carbons (Fsp3) is 1.00. The summed E-state index contributed by atoms with van der Waals surface area (Å²) in [6.07, 6.45) is 57.9. The molecular formula is C70H130N2O2Si2. The highest BCUT2D eigenvalue weighted by Crippen LogP contribution is 2.51. The van der Waals surface area contributed by atoms with E-state index >= 15 is 0 Å². The standard InChI is InChI=1S/C70H130N2O2Si2/c1-51-49-67(73-3)43-45-69(51)59-27-39-65(40-28-59)71(61-31-15-53(16-32-61)13-11-47-75(5,6)7)63-35-23-57(24-36-63)55-19-21-56(22-20-55)58-25-37-64(38-26-58)72(62-33-17-54(18-34-62)14-12-48-76(8,9)10)66-41-29-60(30-42-66)70-46-44-68(74-4)50-52(70)2/h51-70H,11-50H2,1-10H3. The topological polar surface area (TPSA) is 24.9 Å². The van der Waals surface area contributed by atoms with Gasteiger partial charge in [0.2, 0.25) is 0 Å². The van der Waals surface area contributed by atoms with Crippen LogP contribution < -0.4 is 0 Å². The molecule has 440 valence electrons. The number of methoxy groups -OCH3 is 2. The highest BCUT2D eigenvalue weighted by Gasteiger charge is 2.45. The van der Waals surface area contributed by atoms with Gasteiger partial charge in [-0.05, 0) is 289 Å². The first-order valence-electron chi connectivity index (χ1n) is 35.2. The molecule has 0 spiro atoms. The molecule has 6 atom stereocenters. The van der Waals surface area contributed by atoms with Gasteiger partial charge in [0, 0.05) is 66.6 Å². The molecule has 0 amide bonds. The van der Waals surface area contributed by atoms with E-state index in [1.807, 2.05) is 14.2 Å². The third kappa shape index (κ3) is 16.8. The minimum atomic E-state index is -0.927. The largest absolute Gasteiger partial charge is 0.381 e. The summed E-state index contributed by atoms with van der Waals surface area (Å²) >= 11 is 0. The van der Waals surface area contributed by atoms with Crippen molar-refractivity contribution in [3.05, 3.63) is 0 Å². The normalized spacial score (nSPS) is 42.8. The summed E-state index contributed by atoms with van der Waals surface area (Å²) in [5.41, 5.74) is 0. The van der Waals surface area contributed by atoms with Gasteiger partial charge in [0.1, 0.15) is 0 Å². The van der Waals surface area contributed by atoms with E-state index < -0.39 is 16.1 Å². The minimum absolute atomic E-state index is 0.519. The van der Waals surface area contributed by atoms with E-state index in [0.29, 0.717) is 12.2 Å². The summed E-state index contributed by atoms with van der Waals surface area (Å²) in [7, 11) is 2.05. The van der Waals surface area contributed by atoms with Crippen molar-refractivity contribution in [1.82, 2.24) is 9.80 Å². The number of rotatable bonds is 20. The van der Waals surface area contributed by atoms with Crippen LogP contribution >= 0.6 is 0 Å². The van der Waals surface area contributed by atoms with E-state index in [1.54, 1.807) is 51.4 Å². The lowest BCUT2D eigenvalue weighted by molar-refractivity contribution is -0.0226. The van der Waals surface area contributed by atoms with E-state index in [4.69, 9.17) is 9.47 Å². The SMILES string of the molecule is COC1CCC(C2CCC(N(C3CCC(CCC[Si](C)(C)C)CC3)C3CCC(C4CCC(C5CCC(N(C6CCC(CCC[Si](C)(C)C)CC6)C6CCC(C7CCC(OC)CC7C)CC6)CC5)CC4)CC3)CC2)C(C)C1. The zero-order valence-corrected chi connectivity index (χ0v) is 54.5. The van der Waals surface area contributed by atoms with Crippen LogP contribution in [-0.4, -0.2) is 88.6 Å². The molecule has 0 aromatic heterocycles. The van der Waals surface area contributed by atoms with E-state index in [9.17, 15) is 0 Å². The van der Waals surface area contributed by atoms with Crippen molar-refractivity contribution in [2.24, 2.45) is 71.0 Å². The zero-order chi connectivity index (χ0) is 53.4. The fourth-order valence-corrected chi connectivity index (χ4v) is 23.7. The monoisotopic (exact) mass is 1090 g/mol. The maximum atomic E-state index is 5.87. The molecule has 0 bridgehead atoms. The van der Waals surface area contributed by atoms with Crippen LogP contribution in [0.5, 0.6) is 0 Å². The summed E-state index contributed by atoms with van der Waals surface area (Å²) in [4.78, 5) is 6.65. The van der Waals surface area contributed by atoms with Crippen molar-refractivity contribution in [1.29, 1.82) is 0 Å². The Balaban J connectivity index is 0.751. The van der Waals surface area contributed by atoms with E-state index in [1.165, 1.54) is 205 Å². The molecule has 0 N–H and O–H groups in total. The van der Waals surface area contributed by atoms with Gasteiger partial charge in [0.05, 0.1) is 12.2 Å². The molecule has 4 nitrogen and oxygen atoms in total. The predicted octanol–water partition coefficient (Wildman–Crippen LogP) is 19.9. The molecule has 9 aliphatic rings. The molecule has 9 aliphatic carbocycles. The van der Waals surface area contributed by atoms with Crippen molar-refractivity contribution >= 4 is 16.1 Å². The first-order chi connectivity index (χ1) is 36.6. The van der Waals surface area contributed by atoms with Crippen molar-refractivity contribution in [3.63, 3.8) is 0 Å². The van der Waals surface area contributed by atoms with Gasteiger partial charge in [-0.2, -0.15) is 0 Å². The summed E-state index contributed by atoms with van der Waals surface area (Å²) < 4.78 is 11.7. The average Bonchev–Trinajstić information content (AvgIpc) is 3.43. The van der Waals surface area contributed by atoms with Crippen LogP contribution in [0, 0.1) is 71.0 Å². The second kappa shape index (κ2) is 28.7. The van der Waals surface area contributed by atoms with Gasteiger partial charge in [-0.3, -0.25) is 9.80 Å². The average molecular weight is 1090 g/mol. The smallest absolute Gasteiger partial charge is 0.0574 e. The second-order valence-corrected chi connectivity index (χ2v) is 44.0. The van der Waals surface area contributed by atoms with Gasteiger partial charge >= 0.3 is 0 Å². The molecule has 0 radical (unpaired) electrons. The van der Waals surface area contributed by atoms with Crippen molar-refractivity contribution in [3.8, 4) is 0 Å². The Morgan fingerprint density at radius 3 is 0.816 bits per heavy atom. The summed E-state index contributed by atoms with van der Waals surface area (Å²) in [5.74, 6) is 11.7. The number of nitrogens with zero attached hydrogens (tertiary/aromatic N) is 2. The Bertz CT molecular complexity index is 1500. The van der Waals surface area contributed by atoms with Crippen LogP contribution in [0.1, 0.15) is 258 Å². The Kier molecular flexibility index (Phi) is 23.0. The van der Waals surface area contributed by atoms with Crippen LogP contribution in [0.3, 0.4) is 0 Å². The van der Waals surface area contributed by atoms with Crippen LogP contribution in [-0.2, 0) is 9.47 Å². The summed E-state index contributed by atoms with van der Waals surface area (Å²) in [6, 6.07) is 8.33.